The van der Waals surface area contributed by atoms with E-state index in [1.807, 2.05) is 0 Å². The predicted molar refractivity (Wildman–Crippen MR) is 39.0 cm³/mol. The van der Waals surface area contributed by atoms with Gasteiger partial charge in [0.15, 0.2) is 7.98 Å². The average Bonchev–Trinajstić information content (AvgIpc) is 1.88. The number of hydrogen-bond donors (Lipinski definition) is 2. The molecule has 0 aromatic heterocycles. The fraction of sp³-hybridized carbons (Fsp3) is 1.00. The summed E-state index contributed by atoms with van der Waals surface area (Å²) >= 11 is 0. The van der Waals surface area contributed by atoms with Gasteiger partial charge in [0.2, 0.25) is 0 Å². The summed E-state index contributed by atoms with van der Waals surface area (Å²) in [6.45, 7) is 3.32. The Bertz CT molecular complexity index is 91.0. The molecule has 0 aliphatic carbocycles. The zero-order valence-electron chi connectivity index (χ0n) is 5.80. The molecule has 52 valence electrons. The zero-order valence-corrected chi connectivity index (χ0v) is 5.80. The van der Waals surface area contributed by atoms with Crippen molar-refractivity contribution < 1.29 is 5.11 Å². The molecule has 1 unspecified atom stereocenters. The fourth-order valence-electron chi connectivity index (χ4n) is 1.11. The summed E-state index contributed by atoms with van der Waals surface area (Å²) < 4.78 is 0. The van der Waals surface area contributed by atoms with Crippen molar-refractivity contribution in [3.8, 4) is 0 Å². The van der Waals surface area contributed by atoms with Crippen LogP contribution in [-0.2, 0) is 0 Å². The highest BCUT2D eigenvalue weighted by Gasteiger charge is 2.13. The van der Waals surface area contributed by atoms with Crippen LogP contribution < -0.4 is 5.32 Å². The first-order chi connectivity index (χ1) is 4.33. The maximum atomic E-state index is 8.72. The summed E-state index contributed by atoms with van der Waals surface area (Å²) in [6.07, 6.45) is 0. The van der Waals surface area contributed by atoms with Gasteiger partial charge in [-0.1, -0.05) is 0 Å². The first-order valence-corrected chi connectivity index (χ1v) is 3.35. The fourth-order valence-corrected chi connectivity index (χ4v) is 1.11. The molecule has 2 N–H and O–H groups in total. The molecule has 1 atom stereocenters. The van der Waals surface area contributed by atoms with Crippen LogP contribution >= 0.6 is 0 Å². The Kier molecular flexibility index (Phi) is 2.51. The molecule has 1 saturated heterocycles. The van der Waals surface area contributed by atoms with Crippen LogP contribution in [0.25, 0.3) is 0 Å². The largest absolute Gasteiger partial charge is 0.395 e. The van der Waals surface area contributed by atoms with Gasteiger partial charge in [0.1, 0.15) is 0 Å². The van der Waals surface area contributed by atoms with E-state index in [1.165, 1.54) is 0 Å². The predicted octanol–water partition coefficient (Wildman–Crippen LogP) is -2.20. The van der Waals surface area contributed by atoms with Crippen molar-refractivity contribution in [2.24, 2.45) is 0 Å². The minimum atomic E-state index is 0.254. The van der Waals surface area contributed by atoms with Crippen LogP contribution in [0.4, 0.5) is 0 Å². The van der Waals surface area contributed by atoms with Crippen molar-refractivity contribution in [2.75, 3.05) is 26.2 Å². The molecule has 3 nitrogen and oxygen atoms in total. The highest BCUT2D eigenvalue weighted by atomic mass is 16.3. The van der Waals surface area contributed by atoms with Gasteiger partial charge in [-0.15, -0.1) is 0 Å². The van der Waals surface area contributed by atoms with Crippen molar-refractivity contribution in [3.63, 3.8) is 0 Å². The van der Waals surface area contributed by atoms with E-state index in [2.05, 4.69) is 18.1 Å². The lowest BCUT2D eigenvalue weighted by Gasteiger charge is -2.29. The molecule has 0 aromatic carbocycles. The minimum absolute atomic E-state index is 0.254. The Morgan fingerprint density at radius 3 is 3.00 bits per heavy atom. The van der Waals surface area contributed by atoms with Crippen LogP contribution in [0.3, 0.4) is 0 Å². The Hall–Kier alpha value is -0.0551. The molecule has 0 saturated carbocycles. The third kappa shape index (κ3) is 1.97. The van der Waals surface area contributed by atoms with Gasteiger partial charge >= 0.3 is 0 Å². The normalized spacial score (nSPS) is 30.6. The molecule has 1 aliphatic rings. The number of aliphatic hydroxyl groups is 1. The van der Waals surface area contributed by atoms with E-state index in [4.69, 9.17) is 5.11 Å². The summed E-state index contributed by atoms with van der Waals surface area (Å²) in [4.78, 5) is 2.22. The number of nitrogens with one attached hydrogen (secondary N) is 1. The van der Waals surface area contributed by atoms with Gasteiger partial charge < -0.3 is 15.2 Å². The molecule has 4 heteroatoms. The standard InChI is InChI=1S/C5H13BN2O/c6-8-2-1-7-5(3-8)4-9/h5,7,9H,1-4,6H2. The van der Waals surface area contributed by atoms with E-state index in [0.717, 1.165) is 19.6 Å². The summed E-state index contributed by atoms with van der Waals surface area (Å²) in [5.74, 6) is 0. The summed E-state index contributed by atoms with van der Waals surface area (Å²) in [6, 6.07) is 0.295. The molecule has 1 rings (SSSR count). The molecule has 0 radical (unpaired) electrons. The van der Waals surface area contributed by atoms with E-state index >= 15 is 0 Å². The molecule has 9 heavy (non-hydrogen) atoms. The first-order valence-electron chi connectivity index (χ1n) is 3.35. The number of nitrogens with zero attached hydrogens (tertiary/aromatic N) is 1. The number of aliphatic hydroxyl groups excluding tert-OH is 1. The summed E-state index contributed by atoms with van der Waals surface area (Å²) in [7, 11) is 2.07. The van der Waals surface area contributed by atoms with Crippen LogP contribution in [0, 0.1) is 0 Å². The lowest BCUT2D eigenvalue weighted by molar-refractivity contribution is 0.197. The second-order valence-electron chi connectivity index (χ2n) is 2.60. The molecule has 1 aliphatic heterocycles. The minimum Gasteiger partial charge on any atom is -0.395 e. The Balaban J connectivity index is 2.23. The van der Waals surface area contributed by atoms with Gasteiger partial charge in [-0.2, -0.15) is 0 Å². The van der Waals surface area contributed by atoms with Crippen molar-refractivity contribution in [1.82, 2.24) is 10.1 Å². The quantitative estimate of drug-likeness (QED) is 0.393. The van der Waals surface area contributed by atoms with Crippen molar-refractivity contribution in [2.45, 2.75) is 6.04 Å². The topological polar surface area (TPSA) is 35.5 Å². The molecular formula is C5H13BN2O. The van der Waals surface area contributed by atoms with Gasteiger partial charge in [-0.05, 0) is 6.54 Å². The second-order valence-corrected chi connectivity index (χ2v) is 2.60. The first kappa shape index (κ1) is 7.06. The monoisotopic (exact) mass is 128 g/mol. The SMILES string of the molecule is BN1CCNC(CO)C1. The summed E-state index contributed by atoms with van der Waals surface area (Å²) in [5.41, 5.74) is 0. The molecular weight excluding hydrogens is 115 g/mol. The van der Waals surface area contributed by atoms with Gasteiger partial charge in [-0.25, -0.2) is 0 Å². The van der Waals surface area contributed by atoms with E-state index in [9.17, 15) is 0 Å². The number of rotatable bonds is 1. The maximum absolute atomic E-state index is 8.72. The second kappa shape index (κ2) is 3.20. The van der Waals surface area contributed by atoms with Gasteiger partial charge in [0.05, 0.1) is 6.61 Å². The van der Waals surface area contributed by atoms with Crippen LogP contribution in [0.1, 0.15) is 0 Å². The zero-order chi connectivity index (χ0) is 6.69. The molecule has 0 spiro atoms. The van der Waals surface area contributed by atoms with Crippen molar-refractivity contribution in [3.05, 3.63) is 0 Å². The molecule has 1 heterocycles. The lowest BCUT2D eigenvalue weighted by Crippen LogP contribution is -2.51. The Labute approximate surface area is 56.5 Å². The van der Waals surface area contributed by atoms with Crippen molar-refractivity contribution in [1.29, 1.82) is 0 Å². The third-order valence-corrected chi connectivity index (χ3v) is 1.68. The lowest BCUT2D eigenvalue weighted by atomic mass is 10.1. The number of piperazine rings is 1. The van der Waals surface area contributed by atoms with Crippen LogP contribution in [0.15, 0.2) is 0 Å². The molecule has 0 aromatic rings. The van der Waals surface area contributed by atoms with Gasteiger partial charge in [-0.3, -0.25) is 0 Å². The highest BCUT2D eigenvalue weighted by molar-refractivity contribution is 6.04. The van der Waals surface area contributed by atoms with Gasteiger partial charge in [0.25, 0.3) is 0 Å². The molecule has 1 fully saturated rings. The van der Waals surface area contributed by atoms with E-state index in [1.54, 1.807) is 0 Å². The van der Waals surface area contributed by atoms with E-state index in [-0.39, 0.29) is 6.61 Å². The van der Waals surface area contributed by atoms with E-state index in [0.29, 0.717) is 6.04 Å². The Morgan fingerprint density at radius 2 is 2.56 bits per heavy atom. The smallest absolute Gasteiger partial charge is 0.185 e. The number of hydrogen-bond acceptors (Lipinski definition) is 3. The van der Waals surface area contributed by atoms with Crippen molar-refractivity contribution >= 4 is 7.98 Å². The third-order valence-electron chi connectivity index (χ3n) is 1.68. The molecule has 0 bridgehead atoms. The van der Waals surface area contributed by atoms with Gasteiger partial charge in [0, 0.05) is 19.1 Å². The highest BCUT2D eigenvalue weighted by Crippen LogP contribution is 1.92. The Morgan fingerprint density at radius 1 is 1.78 bits per heavy atom. The molecule has 0 amide bonds. The maximum Gasteiger partial charge on any atom is 0.185 e. The van der Waals surface area contributed by atoms with Crippen LogP contribution in [0.2, 0.25) is 0 Å². The van der Waals surface area contributed by atoms with E-state index < -0.39 is 0 Å². The average molecular weight is 128 g/mol. The van der Waals surface area contributed by atoms with Crippen LogP contribution in [-0.4, -0.2) is 50.2 Å². The summed E-state index contributed by atoms with van der Waals surface area (Å²) in [5, 5.41) is 11.9. The van der Waals surface area contributed by atoms with Crippen LogP contribution in [0.5, 0.6) is 0 Å².